The first kappa shape index (κ1) is 16.3. The molecule has 0 spiro atoms. The standard InChI is InChI=1S/C22H22N4/c1-3-7-19(8-4-1)11-12-21-23-14-13-22(24-21)26-17-15-25(16-18-26)20-9-5-2-6-10-20/h1-14H,15-18H2/b12-11+. The lowest BCUT2D eigenvalue weighted by Crippen LogP contribution is -2.46. The first-order valence-electron chi connectivity index (χ1n) is 9.00. The van der Waals surface area contributed by atoms with Crippen molar-refractivity contribution in [2.75, 3.05) is 36.0 Å². The van der Waals surface area contributed by atoms with Crippen molar-refractivity contribution in [2.24, 2.45) is 0 Å². The van der Waals surface area contributed by atoms with E-state index in [4.69, 9.17) is 4.98 Å². The van der Waals surface area contributed by atoms with Crippen LogP contribution in [0.15, 0.2) is 72.9 Å². The summed E-state index contributed by atoms with van der Waals surface area (Å²) in [6, 6.07) is 22.8. The van der Waals surface area contributed by atoms with E-state index in [9.17, 15) is 0 Å². The summed E-state index contributed by atoms with van der Waals surface area (Å²) in [4.78, 5) is 13.9. The molecule has 4 rings (SSSR count). The third kappa shape index (κ3) is 3.91. The summed E-state index contributed by atoms with van der Waals surface area (Å²) in [6.45, 7) is 3.94. The number of hydrogen-bond acceptors (Lipinski definition) is 4. The quantitative estimate of drug-likeness (QED) is 0.718. The molecule has 0 unspecified atom stereocenters. The largest absolute Gasteiger partial charge is 0.368 e. The minimum absolute atomic E-state index is 0.747. The van der Waals surface area contributed by atoms with Gasteiger partial charge in [0.2, 0.25) is 0 Å². The molecule has 1 saturated heterocycles. The number of piperazine rings is 1. The molecule has 3 aromatic rings. The van der Waals surface area contributed by atoms with Gasteiger partial charge in [-0.1, -0.05) is 54.6 Å². The van der Waals surface area contributed by atoms with E-state index >= 15 is 0 Å². The normalized spacial score (nSPS) is 14.8. The maximum Gasteiger partial charge on any atom is 0.154 e. The molecule has 1 fully saturated rings. The second-order valence-corrected chi connectivity index (χ2v) is 6.33. The van der Waals surface area contributed by atoms with Gasteiger partial charge in [-0.2, -0.15) is 0 Å². The lowest BCUT2D eigenvalue weighted by Gasteiger charge is -2.36. The molecule has 0 amide bonds. The van der Waals surface area contributed by atoms with Crippen molar-refractivity contribution >= 4 is 23.7 Å². The summed E-state index contributed by atoms with van der Waals surface area (Å²) in [5.74, 6) is 1.75. The smallest absolute Gasteiger partial charge is 0.154 e. The first-order chi connectivity index (χ1) is 12.9. The summed E-state index contributed by atoms with van der Waals surface area (Å²) >= 11 is 0. The number of hydrogen-bond donors (Lipinski definition) is 0. The minimum atomic E-state index is 0.747. The predicted molar refractivity (Wildman–Crippen MR) is 108 cm³/mol. The molecule has 4 heteroatoms. The van der Waals surface area contributed by atoms with Crippen molar-refractivity contribution in [1.82, 2.24) is 9.97 Å². The summed E-state index contributed by atoms with van der Waals surface area (Å²) < 4.78 is 0. The van der Waals surface area contributed by atoms with Crippen LogP contribution in [0, 0.1) is 0 Å². The van der Waals surface area contributed by atoms with E-state index in [1.165, 1.54) is 5.69 Å². The Balaban J connectivity index is 1.42. The third-order valence-corrected chi connectivity index (χ3v) is 4.61. The molecule has 26 heavy (non-hydrogen) atoms. The van der Waals surface area contributed by atoms with Crippen LogP contribution in [0.5, 0.6) is 0 Å². The van der Waals surface area contributed by atoms with Gasteiger partial charge in [0.1, 0.15) is 5.82 Å². The van der Waals surface area contributed by atoms with Gasteiger partial charge in [0.15, 0.2) is 5.82 Å². The van der Waals surface area contributed by atoms with Gasteiger partial charge < -0.3 is 9.80 Å². The number of para-hydroxylation sites is 1. The van der Waals surface area contributed by atoms with Crippen molar-refractivity contribution < 1.29 is 0 Å². The van der Waals surface area contributed by atoms with Gasteiger partial charge >= 0.3 is 0 Å². The van der Waals surface area contributed by atoms with E-state index in [0.717, 1.165) is 43.4 Å². The molecule has 1 aromatic heterocycles. The molecule has 130 valence electrons. The molecule has 4 nitrogen and oxygen atoms in total. The van der Waals surface area contributed by atoms with Crippen LogP contribution in [-0.4, -0.2) is 36.1 Å². The maximum absolute atomic E-state index is 4.72. The van der Waals surface area contributed by atoms with Crippen LogP contribution in [0.25, 0.3) is 12.2 Å². The predicted octanol–water partition coefficient (Wildman–Crippen LogP) is 3.97. The Bertz CT molecular complexity index is 854. The Labute approximate surface area is 154 Å². The van der Waals surface area contributed by atoms with Gasteiger partial charge in [0.05, 0.1) is 0 Å². The highest BCUT2D eigenvalue weighted by Gasteiger charge is 2.18. The van der Waals surface area contributed by atoms with E-state index in [-0.39, 0.29) is 0 Å². The second-order valence-electron chi connectivity index (χ2n) is 6.33. The fourth-order valence-electron chi connectivity index (χ4n) is 3.19. The van der Waals surface area contributed by atoms with Crippen molar-refractivity contribution in [3.8, 4) is 0 Å². The molecule has 0 aliphatic carbocycles. The van der Waals surface area contributed by atoms with Crippen LogP contribution in [-0.2, 0) is 0 Å². The zero-order valence-electron chi connectivity index (χ0n) is 14.7. The molecule has 0 atom stereocenters. The van der Waals surface area contributed by atoms with Crippen molar-refractivity contribution in [3.05, 3.63) is 84.3 Å². The van der Waals surface area contributed by atoms with Gasteiger partial charge in [-0.3, -0.25) is 0 Å². The Kier molecular flexibility index (Phi) is 4.92. The number of aromatic nitrogens is 2. The summed E-state index contributed by atoms with van der Waals surface area (Å²) in [6.07, 6.45) is 5.86. The van der Waals surface area contributed by atoms with Gasteiger partial charge in [0, 0.05) is 38.1 Å². The number of benzene rings is 2. The van der Waals surface area contributed by atoms with Gasteiger partial charge in [-0.15, -0.1) is 0 Å². The van der Waals surface area contributed by atoms with E-state index in [1.54, 1.807) is 0 Å². The molecule has 2 heterocycles. The van der Waals surface area contributed by atoms with Crippen LogP contribution in [0.4, 0.5) is 11.5 Å². The second kappa shape index (κ2) is 7.83. The van der Waals surface area contributed by atoms with Crippen molar-refractivity contribution in [1.29, 1.82) is 0 Å². The number of anilines is 2. The van der Waals surface area contributed by atoms with E-state index in [1.807, 2.05) is 42.6 Å². The zero-order valence-corrected chi connectivity index (χ0v) is 14.7. The monoisotopic (exact) mass is 342 g/mol. The van der Waals surface area contributed by atoms with Crippen molar-refractivity contribution in [2.45, 2.75) is 0 Å². The van der Waals surface area contributed by atoms with Crippen LogP contribution < -0.4 is 9.80 Å². The highest BCUT2D eigenvalue weighted by Crippen LogP contribution is 2.19. The Hall–Kier alpha value is -3.14. The highest BCUT2D eigenvalue weighted by atomic mass is 15.3. The molecule has 0 saturated carbocycles. The SMILES string of the molecule is C(=C\c1nccc(N2CCN(c3ccccc3)CC2)n1)/c1ccccc1. The average Bonchev–Trinajstić information content (AvgIpc) is 2.74. The molecule has 1 aliphatic heterocycles. The Morgan fingerprint density at radius 2 is 1.35 bits per heavy atom. The van der Waals surface area contributed by atoms with E-state index in [0.29, 0.717) is 0 Å². The topological polar surface area (TPSA) is 32.3 Å². The van der Waals surface area contributed by atoms with Gasteiger partial charge in [-0.25, -0.2) is 9.97 Å². The molecular weight excluding hydrogens is 320 g/mol. The van der Waals surface area contributed by atoms with Crippen LogP contribution in [0.2, 0.25) is 0 Å². The average molecular weight is 342 g/mol. The van der Waals surface area contributed by atoms with Gasteiger partial charge in [-0.05, 0) is 29.8 Å². The third-order valence-electron chi connectivity index (χ3n) is 4.61. The maximum atomic E-state index is 4.72. The molecular formula is C22H22N4. The van der Waals surface area contributed by atoms with E-state index in [2.05, 4.69) is 57.2 Å². The molecule has 1 aliphatic rings. The number of nitrogens with zero attached hydrogens (tertiary/aromatic N) is 4. The molecule has 0 radical (unpaired) electrons. The van der Waals surface area contributed by atoms with Crippen LogP contribution in [0.3, 0.4) is 0 Å². The molecule has 0 bridgehead atoms. The van der Waals surface area contributed by atoms with Crippen LogP contribution in [0.1, 0.15) is 11.4 Å². The zero-order chi connectivity index (χ0) is 17.6. The summed E-state index contributed by atoms with van der Waals surface area (Å²) in [5.41, 5.74) is 2.44. The van der Waals surface area contributed by atoms with Crippen molar-refractivity contribution in [3.63, 3.8) is 0 Å². The Morgan fingerprint density at radius 1 is 0.692 bits per heavy atom. The lowest BCUT2D eigenvalue weighted by atomic mass is 10.2. The van der Waals surface area contributed by atoms with E-state index < -0.39 is 0 Å². The fraction of sp³-hybridized carbons (Fsp3) is 0.182. The van der Waals surface area contributed by atoms with Gasteiger partial charge in [0.25, 0.3) is 0 Å². The number of rotatable bonds is 4. The minimum Gasteiger partial charge on any atom is -0.368 e. The first-order valence-corrected chi connectivity index (χ1v) is 9.00. The lowest BCUT2D eigenvalue weighted by molar-refractivity contribution is 0.646. The highest BCUT2D eigenvalue weighted by molar-refractivity contribution is 5.67. The fourth-order valence-corrected chi connectivity index (χ4v) is 3.19. The Morgan fingerprint density at radius 3 is 2.08 bits per heavy atom. The molecule has 0 N–H and O–H groups in total. The summed E-state index contributed by atoms with van der Waals surface area (Å²) in [7, 11) is 0. The summed E-state index contributed by atoms with van der Waals surface area (Å²) in [5, 5.41) is 0. The molecule has 2 aromatic carbocycles. The van der Waals surface area contributed by atoms with Crippen LogP contribution >= 0.6 is 0 Å².